The molecule has 0 radical (unpaired) electrons. The Hall–Kier alpha value is -2.50. The number of nitrogens with two attached hydrogens (primary N) is 1. The van der Waals surface area contributed by atoms with Crippen LogP contribution in [0.2, 0.25) is 0 Å². The summed E-state index contributed by atoms with van der Waals surface area (Å²) in [6, 6.07) is 9.94. The molecule has 0 saturated heterocycles. The third-order valence-electron chi connectivity index (χ3n) is 2.83. The summed E-state index contributed by atoms with van der Waals surface area (Å²) < 4.78 is 0. The summed E-state index contributed by atoms with van der Waals surface area (Å²) in [6.07, 6.45) is 2.10. The first kappa shape index (κ1) is 16.6. The number of rotatable bonds is 6. The summed E-state index contributed by atoms with van der Waals surface area (Å²) in [5, 5.41) is 17.6. The number of nitrogens with one attached hydrogen (secondary N) is 1. The summed E-state index contributed by atoms with van der Waals surface area (Å²) in [4.78, 5) is 23.0. The van der Waals surface area contributed by atoms with E-state index in [-0.39, 0.29) is 12.8 Å². The lowest BCUT2D eigenvalue weighted by Crippen LogP contribution is -1.96. The number of carboxylic acid groups (broad SMARTS) is 2. The van der Waals surface area contributed by atoms with Gasteiger partial charge in [-0.15, -0.1) is 0 Å². The van der Waals surface area contributed by atoms with E-state index in [0.29, 0.717) is 19.3 Å². The van der Waals surface area contributed by atoms with Crippen molar-refractivity contribution in [2.24, 2.45) is 0 Å². The van der Waals surface area contributed by atoms with Crippen LogP contribution in [0.3, 0.4) is 0 Å². The molecule has 0 amide bonds. The van der Waals surface area contributed by atoms with Gasteiger partial charge in [-0.25, -0.2) is 0 Å². The van der Waals surface area contributed by atoms with Gasteiger partial charge in [0.05, 0.1) is 0 Å². The highest BCUT2D eigenvalue weighted by Gasteiger charge is 1.98. The molecule has 21 heavy (non-hydrogen) atoms. The Balaban J connectivity index is 0.000000210. The highest BCUT2D eigenvalue weighted by atomic mass is 16.4. The van der Waals surface area contributed by atoms with Gasteiger partial charge in [-0.1, -0.05) is 24.6 Å². The Morgan fingerprint density at radius 3 is 2.10 bits per heavy atom. The average Bonchev–Trinajstić information content (AvgIpc) is 2.78. The molecule has 0 unspecified atom stereocenters. The number of carboxylic acids is 2. The molecule has 6 heteroatoms. The minimum atomic E-state index is -0.819. The molecule has 0 bridgehead atoms. The number of hydrogen-bond acceptors (Lipinski definition) is 3. The first-order valence-electron chi connectivity index (χ1n) is 6.76. The van der Waals surface area contributed by atoms with Crippen LogP contribution in [-0.4, -0.2) is 27.1 Å². The molecule has 0 atom stereocenters. The van der Waals surface area contributed by atoms with Crippen LogP contribution in [-0.2, 0) is 9.59 Å². The van der Waals surface area contributed by atoms with Gasteiger partial charge in [0, 0.05) is 23.7 Å². The maximum Gasteiger partial charge on any atom is 0.303 e. The molecule has 1 aromatic heterocycles. The maximum atomic E-state index is 9.98. The largest absolute Gasteiger partial charge is 0.481 e. The van der Waals surface area contributed by atoms with Gasteiger partial charge in [-0.05, 0) is 25.0 Å². The molecule has 0 aliphatic carbocycles. The smallest absolute Gasteiger partial charge is 0.303 e. The molecule has 5 N–H and O–H groups in total. The molecule has 0 spiro atoms. The predicted octanol–water partition coefficient (Wildman–Crippen LogP) is 2.86. The number of carbonyl (C=O) groups is 2. The van der Waals surface area contributed by atoms with Crippen molar-refractivity contribution in [1.82, 2.24) is 4.98 Å². The molecule has 1 heterocycles. The second kappa shape index (κ2) is 8.63. The molecule has 2 aromatic rings. The Morgan fingerprint density at radius 2 is 1.57 bits per heavy atom. The van der Waals surface area contributed by atoms with Crippen LogP contribution in [0.15, 0.2) is 30.3 Å². The molecule has 1 aromatic carbocycles. The van der Waals surface area contributed by atoms with E-state index in [0.717, 1.165) is 11.3 Å². The van der Waals surface area contributed by atoms with E-state index in [1.54, 1.807) is 0 Å². The fraction of sp³-hybridized carbons (Fsp3) is 0.333. The molecule has 114 valence electrons. The first-order chi connectivity index (χ1) is 9.99. The van der Waals surface area contributed by atoms with Crippen LogP contribution in [0.4, 0.5) is 5.82 Å². The van der Waals surface area contributed by atoms with Crippen molar-refractivity contribution in [2.45, 2.75) is 32.1 Å². The number of aromatic nitrogens is 1. The number of benzene rings is 1. The summed E-state index contributed by atoms with van der Waals surface area (Å²) in [7, 11) is 0. The second-order valence-electron chi connectivity index (χ2n) is 4.66. The molecule has 0 fully saturated rings. The van der Waals surface area contributed by atoms with E-state index < -0.39 is 11.9 Å². The summed E-state index contributed by atoms with van der Waals surface area (Å²) >= 11 is 0. The molecule has 0 aliphatic rings. The molecule has 0 aliphatic heterocycles. The standard InChI is InChI=1S/C8H8N2.C7H12O4/c9-8-5-6-3-1-2-4-7(6)10-8;8-6(9)4-2-1-3-5-7(10)11/h1-5,10H,9H2;1-5H2,(H,8,9)(H,10,11). The van der Waals surface area contributed by atoms with Gasteiger partial charge in [0.2, 0.25) is 0 Å². The number of H-pyrrole nitrogens is 1. The first-order valence-corrected chi connectivity index (χ1v) is 6.76. The van der Waals surface area contributed by atoms with Crippen molar-refractivity contribution in [3.8, 4) is 0 Å². The fourth-order valence-electron chi connectivity index (χ4n) is 1.83. The molecule has 0 saturated carbocycles. The van der Waals surface area contributed by atoms with Crippen LogP contribution in [0.5, 0.6) is 0 Å². The monoisotopic (exact) mass is 292 g/mol. The van der Waals surface area contributed by atoms with Crippen LogP contribution >= 0.6 is 0 Å². The lowest BCUT2D eigenvalue weighted by molar-refractivity contribution is -0.137. The van der Waals surface area contributed by atoms with Gasteiger partial charge in [0.1, 0.15) is 5.82 Å². The van der Waals surface area contributed by atoms with Crippen molar-refractivity contribution >= 4 is 28.7 Å². The van der Waals surface area contributed by atoms with Crippen LogP contribution in [0.25, 0.3) is 10.9 Å². The molecular weight excluding hydrogens is 272 g/mol. The quantitative estimate of drug-likeness (QED) is 0.611. The van der Waals surface area contributed by atoms with Gasteiger partial charge >= 0.3 is 11.9 Å². The SMILES string of the molecule is Nc1cc2ccccc2[nH]1.O=C(O)CCCCCC(=O)O. The van der Waals surface area contributed by atoms with Crippen molar-refractivity contribution in [3.05, 3.63) is 30.3 Å². The number of para-hydroxylation sites is 1. The van der Waals surface area contributed by atoms with E-state index >= 15 is 0 Å². The number of anilines is 1. The van der Waals surface area contributed by atoms with Crippen LogP contribution in [0.1, 0.15) is 32.1 Å². The van der Waals surface area contributed by atoms with Gasteiger partial charge in [-0.3, -0.25) is 9.59 Å². The van der Waals surface area contributed by atoms with Gasteiger partial charge in [0.25, 0.3) is 0 Å². The van der Waals surface area contributed by atoms with Crippen molar-refractivity contribution in [2.75, 3.05) is 5.73 Å². The summed E-state index contributed by atoms with van der Waals surface area (Å²) in [5.41, 5.74) is 6.63. The van der Waals surface area contributed by atoms with Gasteiger partial charge in [-0.2, -0.15) is 0 Å². The highest BCUT2D eigenvalue weighted by Crippen LogP contribution is 2.14. The zero-order valence-corrected chi connectivity index (χ0v) is 11.7. The van der Waals surface area contributed by atoms with Crippen molar-refractivity contribution in [3.63, 3.8) is 0 Å². The van der Waals surface area contributed by atoms with E-state index in [2.05, 4.69) is 4.98 Å². The number of hydrogen-bond donors (Lipinski definition) is 4. The predicted molar refractivity (Wildman–Crippen MR) is 81.1 cm³/mol. The van der Waals surface area contributed by atoms with Crippen molar-refractivity contribution in [1.29, 1.82) is 0 Å². The van der Waals surface area contributed by atoms with E-state index in [4.69, 9.17) is 15.9 Å². The summed E-state index contributed by atoms with van der Waals surface area (Å²) in [5.74, 6) is -0.915. The lowest BCUT2D eigenvalue weighted by atomic mass is 10.1. The minimum Gasteiger partial charge on any atom is -0.481 e. The highest BCUT2D eigenvalue weighted by molar-refractivity contribution is 5.83. The third kappa shape index (κ3) is 7.00. The van der Waals surface area contributed by atoms with Crippen molar-refractivity contribution < 1.29 is 19.8 Å². The lowest BCUT2D eigenvalue weighted by Gasteiger charge is -1.94. The maximum absolute atomic E-state index is 9.98. The molecular formula is C15H20N2O4. The average molecular weight is 292 g/mol. The second-order valence-corrected chi connectivity index (χ2v) is 4.66. The van der Waals surface area contributed by atoms with Gasteiger partial charge in [0.15, 0.2) is 0 Å². The number of nitrogen functional groups attached to an aromatic ring is 1. The van der Waals surface area contributed by atoms with Gasteiger partial charge < -0.3 is 20.9 Å². The Labute approximate surface area is 122 Å². The zero-order chi connectivity index (χ0) is 15.7. The topological polar surface area (TPSA) is 116 Å². The number of aromatic amines is 1. The number of fused-ring (bicyclic) bond motifs is 1. The molecule has 6 nitrogen and oxygen atoms in total. The number of aliphatic carboxylic acids is 2. The Bertz CT molecular complexity index is 543. The van der Waals surface area contributed by atoms with E-state index in [9.17, 15) is 9.59 Å². The number of unbranched alkanes of at least 4 members (excludes halogenated alkanes) is 2. The minimum absolute atomic E-state index is 0.139. The Morgan fingerprint density at radius 1 is 1.00 bits per heavy atom. The Kier molecular flexibility index (Phi) is 6.80. The third-order valence-corrected chi connectivity index (χ3v) is 2.83. The van der Waals surface area contributed by atoms with Crippen LogP contribution < -0.4 is 5.73 Å². The van der Waals surface area contributed by atoms with E-state index in [1.165, 1.54) is 5.39 Å². The molecule has 2 rings (SSSR count). The zero-order valence-electron chi connectivity index (χ0n) is 11.7. The van der Waals surface area contributed by atoms with Crippen LogP contribution in [0, 0.1) is 0 Å². The summed E-state index contributed by atoms with van der Waals surface area (Å²) in [6.45, 7) is 0. The fourth-order valence-corrected chi connectivity index (χ4v) is 1.83. The normalized spacial score (nSPS) is 9.90. The van der Waals surface area contributed by atoms with E-state index in [1.807, 2.05) is 30.3 Å².